The van der Waals surface area contributed by atoms with Crippen molar-refractivity contribution in [2.24, 2.45) is 10.3 Å². The van der Waals surface area contributed by atoms with Gasteiger partial charge in [-0.15, -0.1) is 5.11 Å². The summed E-state index contributed by atoms with van der Waals surface area (Å²) in [5.74, 6) is 0. The largest absolute Gasteiger partial charge is 0.241 e. The first-order valence-corrected chi connectivity index (χ1v) is 3.25. The number of hydrogen-bond donors (Lipinski definition) is 0. The van der Waals surface area contributed by atoms with Gasteiger partial charge in [-0.2, -0.15) is 0 Å². The van der Waals surface area contributed by atoms with Crippen LogP contribution in [0.2, 0.25) is 0 Å². The smallest absolute Gasteiger partial charge is 0.122 e. The molecule has 2 aliphatic heterocycles. The summed E-state index contributed by atoms with van der Waals surface area (Å²) in [6.45, 7) is 0. The molecule has 0 amide bonds. The quantitative estimate of drug-likeness (QED) is 0.488. The minimum Gasteiger partial charge on any atom is -0.241 e. The van der Waals surface area contributed by atoms with Gasteiger partial charge >= 0.3 is 0 Å². The Bertz CT molecular complexity index is 279. The SMILES string of the molecule is C1=CN2N=NC3=CC=C1C32. The third-order valence-electron chi connectivity index (χ3n) is 1.99. The molecular formula is C7H5N3. The molecule has 0 aromatic carbocycles. The summed E-state index contributed by atoms with van der Waals surface area (Å²) in [4.78, 5) is 0. The maximum absolute atomic E-state index is 3.99. The van der Waals surface area contributed by atoms with E-state index in [1.165, 1.54) is 5.57 Å². The predicted molar refractivity (Wildman–Crippen MR) is 35.8 cm³/mol. The van der Waals surface area contributed by atoms with Crippen LogP contribution in [0.1, 0.15) is 0 Å². The summed E-state index contributed by atoms with van der Waals surface area (Å²) in [7, 11) is 0. The van der Waals surface area contributed by atoms with Crippen molar-refractivity contribution in [2.75, 3.05) is 0 Å². The summed E-state index contributed by atoms with van der Waals surface area (Å²) >= 11 is 0. The Morgan fingerprint density at radius 2 is 2.40 bits per heavy atom. The van der Waals surface area contributed by atoms with Crippen molar-refractivity contribution in [1.82, 2.24) is 5.01 Å². The monoisotopic (exact) mass is 131 g/mol. The van der Waals surface area contributed by atoms with Gasteiger partial charge in [0, 0.05) is 6.20 Å². The highest BCUT2D eigenvalue weighted by atomic mass is 15.6. The fourth-order valence-corrected chi connectivity index (χ4v) is 1.49. The standard InChI is InChI=1S/C7H5N3/c1-2-6-7-5(1)3-4-10(7)9-8-6/h1-4,7H. The van der Waals surface area contributed by atoms with E-state index in [-0.39, 0.29) is 0 Å². The molecule has 0 aromatic heterocycles. The van der Waals surface area contributed by atoms with Crippen molar-refractivity contribution in [3.8, 4) is 0 Å². The molecule has 0 aromatic rings. The molecule has 0 saturated carbocycles. The lowest BCUT2D eigenvalue weighted by molar-refractivity contribution is 0.405. The third-order valence-corrected chi connectivity index (χ3v) is 1.99. The molecule has 1 atom stereocenters. The zero-order chi connectivity index (χ0) is 6.55. The number of hydrogen-bond acceptors (Lipinski definition) is 3. The molecular weight excluding hydrogens is 126 g/mol. The Kier molecular flexibility index (Phi) is 0.537. The second kappa shape index (κ2) is 1.21. The van der Waals surface area contributed by atoms with Crippen LogP contribution in [0.25, 0.3) is 0 Å². The van der Waals surface area contributed by atoms with Crippen LogP contribution >= 0.6 is 0 Å². The van der Waals surface area contributed by atoms with Crippen molar-refractivity contribution < 1.29 is 0 Å². The maximum Gasteiger partial charge on any atom is 0.122 e. The van der Waals surface area contributed by atoms with Crippen LogP contribution in [0.4, 0.5) is 0 Å². The first kappa shape index (κ1) is 4.44. The molecule has 3 nitrogen and oxygen atoms in total. The van der Waals surface area contributed by atoms with E-state index >= 15 is 0 Å². The Balaban J connectivity index is 2.26. The first-order chi connectivity index (χ1) is 4.95. The predicted octanol–water partition coefficient (Wildman–Crippen LogP) is 1.39. The number of rotatable bonds is 0. The van der Waals surface area contributed by atoms with Gasteiger partial charge in [-0.1, -0.05) is 11.3 Å². The molecule has 10 heavy (non-hydrogen) atoms. The molecule has 2 heterocycles. The van der Waals surface area contributed by atoms with Crippen LogP contribution in [0.5, 0.6) is 0 Å². The average molecular weight is 131 g/mol. The molecule has 48 valence electrons. The van der Waals surface area contributed by atoms with Gasteiger partial charge in [0.05, 0.1) is 5.70 Å². The van der Waals surface area contributed by atoms with Crippen LogP contribution in [-0.2, 0) is 0 Å². The van der Waals surface area contributed by atoms with E-state index in [0.29, 0.717) is 6.04 Å². The number of allylic oxidation sites excluding steroid dienone is 2. The zero-order valence-electron chi connectivity index (χ0n) is 5.23. The second-order valence-corrected chi connectivity index (χ2v) is 2.55. The van der Waals surface area contributed by atoms with Crippen molar-refractivity contribution in [3.63, 3.8) is 0 Å². The molecule has 3 rings (SSSR count). The molecule has 0 N–H and O–H groups in total. The van der Waals surface area contributed by atoms with Gasteiger partial charge in [-0.3, -0.25) is 0 Å². The molecule has 3 heteroatoms. The molecule has 1 aliphatic carbocycles. The van der Waals surface area contributed by atoms with E-state index in [1.54, 1.807) is 0 Å². The summed E-state index contributed by atoms with van der Waals surface area (Å²) < 4.78 is 0. The van der Waals surface area contributed by atoms with Crippen molar-refractivity contribution in [3.05, 3.63) is 35.7 Å². The summed E-state index contributed by atoms with van der Waals surface area (Å²) in [6, 6.07) is 0.333. The maximum atomic E-state index is 3.99. The summed E-state index contributed by atoms with van der Waals surface area (Å²) in [5, 5.41) is 9.81. The average Bonchev–Trinajstić information content (AvgIpc) is 2.56. The van der Waals surface area contributed by atoms with Crippen molar-refractivity contribution in [1.29, 1.82) is 0 Å². The zero-order valence-corrected chi connectivity index (χ0v) is 5.23. The minimum absolute atomic E-state index is 0.333. The summed E-state index contributed by atoms with van der Waals surface area (Å²) in [6.07, 6.45) is 8.15. The summed E-state index contributed by atoms with van der Waals surface area (Å²) in [5.41, 5.74) is 2.38. The molecule has 1 unspecified atom stereocenters. The Morgan fingerprint density at radius 1 is 1.40 bits per heavy atom. The third kappa shape index (κ3) is 0.319. The van der Waals surface area contributed by atoms with E-state index in [0.717, 1.165) is 5.70 Å². The highest BCUT2D eigenvalue weighted by Crippen LogP contribution is 2.36. The lowest BCUT2D eigenvalue weighted by Crippen LogP contribution is -2.17. The second-order valence-electron chi connectivity index (χ2n) is 2.55. The van der Waals surface area contributed by atoms with Crippen molar-refractivity contribution in [2.45, 2.75) is 6.04 Å². The van der Waals surface area contributed by atoms with Gasteiger partial charge in [0.15, 0.2) is 0 Å². The molecule has 3 aliphatic rings. The molecule has 0 spiro atoms. The normalized spacial score (nSPS) is 31.2. The van der Waals surface area contributed by atoms with Gasteiger partial charge in [0.2, 0.25) is 0 Å². The lowest BCUT2D eigenvalue weighted by atomic mass is 10.2. The molecule has 0 saturated heterocycles. The van der Waals surface area contributed by atoms with E-state index in [1.807, 2.05) is 17.3 Å². The number of nitrogens with zero attached hydrogens (tertiary/aromatic N) is 3. The van der Waals surface area contributed by atoms with Gasteiger partial charge in [-0.25, -0.2) is 5.01 Å². The van der Waals surface area contributed by atoms with E-state index in [2.05, 4.69) is 22.5 Å². The first-order valence-electron chi connectivity index (χ1n) is 3.25. The van der Waals surface area contributed by atoms with Crippen LogP contribution < -0.4 is 0 Å². The van der Waals surface area contributed by atoms with Crippen LogP contribution in [0, 0.1) is 0 Å². The van der Waals surface area contributed by atoms with Crippen LogP contribution in [0.15, 0.2) is 46.0 Å². The van der Waals surface area contributed by atoms with Gasteiger partial charge in [0.1, 0.15) is 6.04 Å². The highest BCUT2D eigenvalue weighted by molar-refractivity contribution is 5.48. The van der Waals surface area contributed by atoms with Crippen LogP contribution in [-0.4, -0.2) is 11.1 Å². The van der Waals surface area contributed by atoms with Gasteiger partial charge < -0.3 is 0 Å². The molecule has 0 bridgehead atoms. The molecule has 0 radical (unpaired) electrons. The van der Waals surface area contributed by atoms with Gasteiger partial charge in [-0.05, 0) is 17.7 Å². The van der Waals surface area contributed by atoms with Gasteiger partial charge in [0.25, 0.3) is 0 Å². The van der Waals surface area contributed by atoms with Crippen molar-refractivity contribution >= 4 is 0 Å². The fourth-order valence-electron chi connectivity index (χ4n) is 1.49. The van der Waals surface area contributed by atoms with E-state index < -0.39 is 0 Å². The topological polar surface area (TPSA) is 28.0 Å². The van der Waals surface area contributed by atoms with E-state index in [4.69, 9.17) is 0 Å². The Morgan fingerprint density at radius 3 is 3.40 bits per heavy atom. The Hall–Kier alpha value is -1.38. The Labute approximate surface area is 58.0 Å². The lowest BCUT2D eigenvalue weighted by Gasteiger charge is -2.08. The highest BCUT2D eigenvalue weighted by Gasteiger charge is 2.34. The fraction of sp³-hybridized carbons (Fsp3) is 0.143. The minimum atomic E-state index is 0.333. The molecule has 0 fully saturated rings. The van der Waals surface area contributed by atoms with Crippen LogP contribution in [0.3, 0.4) is 0 Å². The van der Waals surface area contributed by atoms with E-state index in [9.17, 15) is 0 Å².